The Balaban J connectivity index is 2.03. The van der Waals surface area contributed by atoms with Gasteiger partial charge in [0.25, 0.3) is 0 Å². The van der Waals surface area contributed by atoms with Crippen LogP contribution in [0.1, 0.15) is 11.1 Å². The van der Waals surface area contributed by atoms with E-state index >= 15 is 0 Å². The Bertz CT molecular complexity index is 916. The van der Waals surface area contributed by atoms with Crippen molar-refractivity contribution in [2.45, 2.75) is 0 Å². The summed E-state index contributed by atoms with van der Waals surface area (Å²) in [5, 5.41) is 0. The second-order valence-corrected chi connectivity index (χ2v) is 5.76. The van der Waals surface area contributed by atoms with Crippen LogP contribution in [0.25, 0.3) is 0 Å². The van der Waals surface area contributed by atoms with Crippen molar-refractivity contribution in [3.05, 3.63) is 83.9 Å². The number of methoxy groups -OCH3 is 1. The topological polar surface area (TPSA) is 24.8 Å². The van der Waals surface area contributed by atoms with Gasteiger partial charge in [0.15, 0.2) is 0 Å². The van der Waals surface area contributed by atoms with E-state index < -0.39 is 0 Å². The fraction of sp³-hybridized carbons (Fsp3) is 0.0952. The second-order valence-electron chi connectivity index (χ2n) is 5.76. The maximum Gasteiger partial charge on any atom is 0.119 e. The van der Waals surface area contributed by atoms with Crippen molar-refractivity contribution >= 4 is 22.8 Å². The smallest absolute Gasteiger partial charge is 0.119 e. The van der Waals surface area contributed by atoms with E-state index in [0.717, 1.165) is 39.7 Å². The number of nitrogens with zero attached hydrogens (tertiary/aromatic N) is 2. The number of para-hydroxylation sites is 2. The molecule has 1 aliphatic heterocycles. The van der Waals surface area contributed by atoms with Crippen molar-refractivity contribution in [3.8, 4) is 5.75 Å². The summed E-state index contributed by atoms with van der Waals surface area (Å²) in [5.41, 5.74) is 6.30. The number of anilines is 2. The molecule has 1 aliphatic rings. The average molecular weight is 314 g/mol. The predicted molar refractivity (Wildman–Crippen MR) is 99.2 cm³/mol. The Morgan fingerprint density at radius 2 is 1.58 bits per heavy atom. The molecule has 0 radical (unpaired) electrons. The molecule has 4 rings (SSSR count). The Morgan fingerprint density at radius 3 is 2.38 bits per heavy atom. The molecule has 0 saturated heterocycles. The minimum absolute atomic E-state index is 0.830. The molecular formula is C21H18N2O. The summed E-state index contributed by atoms with van der Waals surface area (Å²) in [5.74, 6) is 0.830. The van der Waals surface area contributed by atoms with Crippen molar-refractivity contribution in [2.75, 3.05) is 19.1 Å². The molecule has 0 N–H and O–H groups in total. The fourth-order valence-corrected chi connectivity index (χ4v) is 3.09. The monoisotopic (exact) mass is 314 g/mol. The third-order valence-electron chi connectivity index (χ3n) is 4.34. The lowest BCUT2D eigenvalue weighted by molar-refractivity contribution is 0.415. The van der Waals surface area contributed by atoms with Crippen LogP contribution in [0.4, 0.5) is 17.1 Å². The van der Waals surface area contributed by atoms with Gasteiger partial charge in [0.05, 0.1) is 29.9 Å². The first-order chi connectivity index (χ1) is 11.8. The van der Waals surface area contributed by atoms with Gasteiger partial charge in [0.2, 0.25) is 0 Å². The highest BCUT2D eigenvalue weighted by molar-refractivity contribution is 6.18. The molecule has 0 aliphatic carbocycles. The highest BCUT2D eigenvalue weighted by Crippen LogP contribution is 2.40. The van der Waals surface area contributed by atoms with Crippen molar-refractivity contribution in [1.82, 2.24) is 0 Å². The molecule has 3 nitrogen and oxygen atoms in total. The van der Waals surface area contributed by atoms with Crippen LogP contribution in [0.5, 0.6) is 5.75 Å². The molecule has 3 heteroatoms. The van der Waals surface area contributed by atoms with E-state index in [9.17, 15) is 0 Å². The molecule has 0 aromatic heterocycles. The van der Waals surface area contributed by atoms with Gasteiger partial charge >= 0.3 is 0 Å². The van der Waals surface area contributed by atoms with Crippen LogP contribution >= 0.6 is 0 Å². The van der Waals surface area contributed by atoms with E-state index in [0.29, 0.717) is 0 Å². The lowest BCUT2D eigenvalue weighted by atomic mass is 10.00. The van der Waals surface area contributed by atoms with Crippen LogP contribution in [0.15, 0.2) is 77.8 Å². The van der Waals surface area contributed by atoms with Gasteiger partial charge in [-0.15, -0.1) is 0 Å². The summed E-state index contributed by atoms with van der Waals surface area (Å²) in [4.78, 5) is 7.18. The fourth-order valence-electron chi connectivity index (χ4n) is 3.09. The van der Waals surface area contributed by atoms with Crippen molar-refractivity contribution in [3.63, 3.8) is 0 Å². The van der Waals surface area contributed by atoms with Gasteiger partial charge in [-0.2, -0.15) is 0 Å². The van der Waals surface area contributed by atoms with E-state index in [4.69, 9.17) is 9.73 Å². The van der Waals surface area contributed by atoms with Gasteiger partial charge in [-0.25, -0.2) is 4.99 Å². The van der Waals surface area contributed by atoms with Gasteiger partial charge in [-0.1, -0.05) is 42.5 Å². The minimum atomic E-state index is 0.830. The van der Waals surface area contributed by atoms with Crippen LogP contribution < -0.4 is 9.64 Å². The molecule has 0 saturated carbocycles. The zero-order valence-corrected chi connectivity index (χ0v) is 13.7. The van der Waals surface area contributed by atoms with Crippen molar-refractivity contribution in [1.29, 1.82) is 0 Å². The SMILES string of the molecule is COc1ccc2c(c1)C(c1ccccc1)=Nc1ccccc1N2C. The molecule has 0 fully saturated rings. The molecule has 0 amide bonds. The maximum absolute atomic E-state index is 5.44. The van der Waals surface area contributed by atoms with Crippen LogP contribution in [0.3, 0.4) is 0 Å². The first kappa shape index (κ1) is 14.5. The largest absolute Gasteiger partial charge is 0.497 e. The van der Waals surface area contributed by atoms with Gasteiger partial charge < -0.3 is 9.64 Å². The highest BCUT2D eigenvalue weighted by Gasteiger charge is 2.22. The zero-order valence-electron chi connectivity index (χ0n) is 13.7. The van der Waals surface area contributed by atoms with Crippen LogP contribution in [0.2, 0.25) is 0 Å². The van der Waals surface area contributed by atoms with Crippen LogP contribution in [-0.2, 0) is 0 Å². The molecule has 3 aromatic carbocycles. The number of aliphatic imine (C=N–C) groups is 1. The number of rotatable bonds is 2. The van der Waals surface area contributed by atoms with Crippen molar-refractivity contribution in [2.24, 2.45) is 4.99 Å². The molecule has 24 heavy (non-hydrogen) atoms. The molecule has 1 heterocycles. The first-order valence-electron chi connectivity index (χ1n) is 7.93. The highest BCUT2D eigenvalue weighted by atomic mass is 16.5. The lowest BCUT2D eigenvalue weighted by Gasteiger charge is -2.22. The van der Waals surface area contributed by atoms with Gasteiger partial charge in [0, 0.05) is 18.2 Å². The second kappa shape index (κ2) is 5.85. The van der Waals surface area contributed by atoms with E-state index in [1.54, 1.807) is 7.11 Å². The van der Waals surface area contributed by atoms with E-state index in [2.05, 4.69) is 48.3 Å². The molecule has 0 spiro atoms. The van der Waals surface area contributed by atoms with Crippen LogP contribution in [-0.4, -0.2) is 19.9 Å². The summed E-state index contributed by atoms with van der Waals surface area (Å²) < 4.78 is 5.44. The molecule has 118 valence electrons. The number of hydrogen-bond donors (Lipinski definition) is 0. The van der Waals surface area contributed by atoms with Crippen LogP contribution in [0, 0.1) is 0 Å². The number of fused-ring (bicyclic) bond motifs is 2. The average Bonchev–Trinajstić information content (AvgIpc) is 2.77. The van der Waals surface area contributed by atoms with Gasteiger partial charge in [-0.05, 0) is 30.3 Å². The quantitative estimate of drug-likeness (QED) is 0.669. The molecule has 3 aromatic rings. The predicted octanol–water partition coefficient (Wildman–Crippen LogP) is 4.95. The van der Waals surface area contributed by atoms with Gasteiger partial charge in [0.1, 0.15) is 5.75 Å². The Labute approximate surface area is 141 Å². The third-order valence-corrected chi connectivity index (χ3v) is 4.34. The summed E-state index contributed by atoms with van der Waals surface area (Å²) in [7, 11) is 3.77. The maximum atomic E-state index is 5.44. The Hall–Kier alpha value is -3.07. The molecular weight excluding hydrogens is 296 g/mol. The lowest BCUT2D eigenvalue weighted by Crippen LogP contribution is -2.13. The minimum Gasteiger partial charge on any atom is -0.497 e. The van der Waals surface area contributed by atoms with E-state index in [1.165, 1.54) is 0 Å². The Morgan fingerprint density at radius 1 is 0.833 bits per heavy atom. The zero-order chi connectivity index (χ0) is 16.5. The summed E-state index contributed by atoms with van der Waals surface area (Å²) in [6.45, 7) is 0. The summed E-state index contributed by atoms with van der Waals surface area (Å²) >= 11 is 0. The molecule has 0 unspecified atom stereocenters. The number of hydrogen-bond acceptors (Lipinski definition) is 3. The normalized spacial score (nSPS) is 12.8. The summed E-state index contributed by atoms with van der Waals surface area (Å²) in [6, 6.07) is 24.6. The van der Waals surface area contributed by atoms with Gasteiger partial charge in [-0.3, -0.25) is 0 Å². The standard InChI is InChI=1S/C21H18N2O/c1-23-19-13-12-16(24-2)14-17(19)21(15-8-4-3-5-9-15)22-18-10-6-7-11-20(18)23/h3-14H,1-2H3. The first-order valence-corrected chi connectivity index (χ1v) is 7.93. The third kappa shape index (κ3) is 2.35. The summed E-state index contributed by atoms with van der Waals surface area (Å²) in [6.07, 6.45) is 0. The van der Waals surface area contributed by atoms with E-state index in [1.807, 2.05) is 36.4 Å². The van der Waals surface area contributed by atoms with E-state index in [-0.39, 0.29) is 0 Å². The van der Waals surface area contributed by atoms with Crippen molar-refractivity contribution < 1.29 is 4.74 Å². The molecule has 0 bridgehead atoms. The molecule has 0 atom stereocenters. The number of ether oxygens (including phenoxy) is 1. The Kier molecular flexibility index (Phi) is 3.54. The number of benzene rings is 3.